The van der Waals surface area contributed by atoms with Crippen molar-refractivity contribution in [2.24, 2.45) is 0 Å². The van der Waals surface area contributed by atoms with Crippen molar-refractivity contribution < 1.29 is 13.2 Å². The molecule has 1 aliphatic rings. The minimum Gasteiger partial charge on any atom is -0.362 e. The molecule has 0 fully saturated rings. The quantitative estimate of drug-likeness (QED) is 0.682. The number of aromatic nitrogens is 5. The molecule has 140 valence electrons. The number of alkyl halides is 3. The Morgan fingerprint density at radius 1 is 1.22 bits per heavy atom. The number of rotatable bonds is 4. The van der Waals surface area contributed by atoms with Crippen LogP contribution in [-0.2, 0) is 12.7 Å². The molecule has 2 N–H and O–H groups in total. The highest BCUT2D eigenvalue weighted by molar-refractivity contribution is 5.88. The average Bonchev–Trinajstić information content (AvgIpc) is 3.27. The smallest absolute Gasteiger partial charge is 0.362 e. The van der Waals surface area contributed by atoms with Crippen molar-refractivity contribution in [1.82, 2.24) is 24.9 Å². The maximum Gasteiger partial charge on any atom is 0.433 e. The molecule has 0 saturated heterocycles. The molecular weight excluding hydrogens is 359 g/mol. The molecule has 0 aliphatic carbocycles. The standard InChI is InChI=1S/C17H16F3N7/c1-10-4-7-27(9-10)16-25-14-11(2-5-22-14)15(26-16)23-8-13-21-6-3-12(24-13)17(18,19)20/h2-6H,7-9H2,1H3,(H2,22,23,25,26). The zero-order valence-electron chi connectivity index (χ0n) is 14.4. The fraction of sp³-hybridized carbons (Fsp3) is 0.294. The summed E-state index contributed by atoms with van der Waals surface area (Å²) in [6.07, 6.45) is 0.436. The molecule has 0 amide bonds. The molecule has 10 heteroatoms. The van der Waals surface area contributed by atoms with Gasteiger partial charge in [-0.2, -0.15) is 23.1 Å². The SMILES string of the molecule is CC1=CCN(c2nc(NCc3nccc(C(F)(F)F)n3)c3cc[nH]c3n2)C1. The number of aromatic amines is 1. The van der Waals surface area contributed by atoms with E-state index < -0.39 is 11.9 Å². The molecule has 1 aliphatic heterocycles. The number of H-pyrrole nitrogens is 1. The number of halogens is 3. The Labute approximate surface area is 152 Å². The largest absolute Gasteiger partial charge is 0.433 e. The van der Waals surface area contributed by atoms with E-state index in [1.807, 2.05) is 17.9 Å². The van der Waals surface area contributed by atoms with Gasteiger partial charge in [0.15, 0.2) is 0 Å². The number of hydrogen-bond donors (Lipinski definition) is 2. The van der Waals surface area contributed by atoms with Gasteiger partial charge in [0.25, 0.3) is 0 Å². The third-order valence-corrected chi connectivity index (χ3v) is 4.20. The fourth-order valence-corrected chi connectivity index (χ4v) is 2.86. The van der Waals surface area contributed by atoms with Crippen molar-refractivity contribution in [3.8, 4) is 0 Å². The van der Waals surface area contributed by atoms with Crippen LogP contribution in [0.3, 0.4) is 0 Å². The molecule has 3 aromatic rings. The Morgan fingerprint density at radius 3 is 2.81 bits per heavy atom. The van der Waals surface area contributed by atoms with Gasteiger partial charge in [0.1, 0.15) is 23.0 Å². The third kappa shape index (κ3) is 3.55. The summed E-state index contributed by atoms with van der Waals surface area (Å²) in [5.74, 6) is 1.10. The molecule has 3 aromatic heterocycles. The van der Waals surface area contributed by atoms with Crippen LogP contribution in [-0.4, -0.2) is 38.0 Å². The Balaban J connectivity index is 1.59. The van der Waals surface area contributed by atoms with Crippen LogP contribution in [0.15, 0.2) is 36.2 Å². The van der Waals surface area contributed by atoms with Gasteiger partial charge in [0.2, 0.25) is 5.95 Å². The maximum absolute atomic E-state index is 12.8. The summed E-state index contributed by atoms with van der Waals surface area (Å²) in [5.41, 5.74) is 0.914. The lowest BCUT2D eigenvalue weighted by Crippen LogP contribution is -2.22. The van der Waals surface area contributed by atoms with Gasteiger partial charge in [-0.1, -0.05) is 11.6 Å². The van der Waals surface area contributed by atoms with Crippen LogP contribution in [0, 0.1) is 0 Å². The summed E-state index contributed by atoms with van der Waals surface area (Å²) in [7, 11) is 0. The second kappa shape index (κ2) is 6.53. The molecule has 0 bridgehead atoms. The van der Waals surface area contributed by atoms with Gasteiger partial charge < -0.3 is 15.2 Å². The molecule has 4 rings (SSSR count). The Kier molecular flexibility index (Phi) is 4.17. The first kappa shape index (κ1) is 17.3. The van der Waals surface area contributed by atoms with Gasteiger partial charge in [0, 0.05) is 25.5 Å². The molecule has 0 aromatic carbocycles. The van der Waals surface area contributed by atoms with E-state index in [1.165, 1.54) is 5.57 Å². The highest BCUT2D eigenvalue weighted by atomic mass is 19.4. The second-order valence-corrected chi connectivity index (χ2v) is 6.25. The Morgan fingerprint density at radius 2 is 2.07 bits per heavy atom. The van der Waals surface area contributed by atoms with Gasteiger partial charge >= 0.3 is 6.18 Å². The first-order valence-electron chi connectivity index (χ1n) is 8.29. The second-order valence-electron chi connectivity index (χ2n) is 6.25. The number of nitrogens with zero attached hydrogens (tertiary/aromatic N) is 5. The molecule has 0 unspecified atom stereocenters. The van der Waals surface area contributed by atoms with E-state index in [9.17, 15) is 13.2 Å². The fourth-order valence-electron chi connectivity index (χ4n) is 2.86. The van der Waals surface area contributed by atoms with Crippen molar-refractivity contribution in [3.63, 3.8) is 0 Å². The molecule has 0 atom stereocenters. The van der Waals surface area contributed by atoms with Gasteiger partial charge in [-0.15, -0.1) is 0 Å². The van der Waals surface area contributed by atoms with Crippen LogP contribution < -0.4 is 10.2 Å². The number of anilines is 2. The van der Waals surface area contributed by atoms with E-state index in [2.05, 4.69) is 36.3 Å². The molecule has 0 spiro atoms. The number of fused-ring (bicyclic) bond motifs is 1. The van der Waals surface area contributed by atoms with Crippen molar-refractivity contribution in [3.05, 3.63) is 47.7 Å². The van der Waals surface area contributed by atoms with E-state index in [0.717, 1.165) is 24.2 Å². The molecule has 0 radical (unpaired) electrons. The van der Waals surface area contributed by atoms with Crippen molar-refractivity contribution in [2.75, 3.05) is 23.3 Å². The highest BCUT2D eigenvalue weighted by Gasteiger charge is 2.32. The van der Waals surface area contributed by atoms with Crippen molar-refractivity contribution in [1.29, 1.82) is 0 Å². The van der Waals surface area contributed by atoms with E-state index in [1.54, 1.807) is 6.20 Å². The van der Waals surface area contributed by atoms with E-state index in [4.69, 9.17) is 0 Å². The first-order valence-corrected chi connectivity index (χ1v) is 8.29. The molecule has 4 heterocycles. The van der Waals surface area contributed by atoms with Gasteiger partial charge in [-0.25, -0.2) is 9.97 Å². The topological polar surface area (TPSA) is 82.6 Å². The molecule has 27 heavy (non-hydrogen) atoms. The minimum absolute atomic E-state index is 0.0118. The van der Waals surface area contributed by atoms with Gasteiger partial charge in [0.05, 0.1) is 11.9 Å². The summed E-state index contributed by atoms with van der Waals surface area (Å²) in [4.78, 5) is 21.6. The normalized spacial score (nSPS) is 14.7. The van der Waals surface area contributed by atoms with Crippen LogP contribution >= 0.6 is 0 Å². The van der Waals surface area contributed by atoms with Crippen molar-refractivity contribution in [2.45, 2.75) is 19.6 Å². The minimum atomic E-state index is -4.51. The van der Waals surface area contributed by atoms with E-state index >= 15 is 0 Å². The van der Waals surface area contributed by atoms with Crippen molar-refractivity contribution >= 4 is 22.8 Å². The Bertz CT molecular complexity index is 1010. The Hall–Kier alpha value is -3.17. The van der Waals surface area contributed by atoms with Crippen LogP contribution in [0.1, 0.15) is 18.4 Å². The summed E-state index contributed by atoms with van der Waals surface area (Å²) >= 11 is 0. The van der Waals surface area contributed by atoms with Gasteiger partial charge in [-0.05, 0) is 19.1 Å². The number of nitrogens with one attached hydrogen (secondary N) is 2. The van der Waals surface area contributed by atoms with Crippen LogP contribution in [0.5, 0.6) is 0 Å². The van der Waals surface area contributed by atoms with E-state index in [-0.39, 0.29) is 12.4 Å². The summed E-state index contributed by atoms with van der Waals surface area (Å²) in [6, 6.07) is 2.65. The zero-order chi connectivity index (χ0) is 19.0. The maximum atomic E-state index is 12.8. The lowest BCUT2D eigenvalue weighted by molar-refractivity contribution is -0.141. The summed E-state index contributed by atoms with van der Waals surface area (Å²) in [6.45, 7) is 3.51. The molecule has 7 nitrogen and oxygen atoms in total. The van der Waals surface area contributed by atoms with Crippen LogP contribution in [0.25, 0.3) is 11.0 Å². The monoisotopic (exact) mass is 375 g/mol. The molecular formula is C17H16F3N7. The predicted octanol–water partition coefficient (Wildman–Crippen LogP) is 3.15. The lowest BCUT2D eigenvalue weighted by atomic mass is 10.3. The average molecular weight is 375 g/mol. The highest BCUT2D eigenvalue weighted by Crippen LogP contribution is 2.28. The summed E-state index contributed by atoms with van der Waals surface area (Å²) in [5, 5.41) is 3.78. The zero-order valence-corrected chi connectivity index (χ0v) is 14.4. The summed E-state index contributed by atoms with van der Waals surface area (Å²) < 4.78 is 38.4. The number of hydrogen-bond acceptors (Lipinski definition) is 6. The molecule has 0 saturated carbocycles. The lowest BCUT2D eigenvalue weighted by Gasteiger charge is -2.17. The first-order chi connectivity index (χ1) is 12.9. The van der Waals surface area contributed by atoms with Crippen LogP contribution in [0.4, 0.5) is 24.9 Å². The predicted molar refractivity (Wildman–Crippen MR) is 94.2 cm³/mol. The van der Waals surface area contributed by atoms with Gasteiger partial charge in [-0.3, -0.25) is 0 Å². The van der Waals surface area contributed by atoms with E-state index in [0.29, 0.717) is 24.0 Å². The van der Waals surface area contributed by atoms with Crippen LogP contribution in [0.2, 0.25) is 0 Å². The third-order valence-electron chi connectivity index (χ3n) is 4.20.